The molecular formula is C21H23N3OS2. The molecule has 3 aromatic rings. The van der Waals surface area contributed by atoms with E-state index in [2.05, 4.69) is 25.3 Å². The number of aromatic nitrogens is 2. The molecule has 4 nitrogen and oxygen atoms in total. The summed E-state index contributed by atoms with van der Waals surface area (Å²) in [6.45, 7) is 11.0. The van der Waals surface area contributed by atoms with E-state index in [0.29, 0.717) is 0 Å². The predicted molar refractivity (Wildman–Crippen MR) is 116 cm³/mol. The first-order valence-corrected chi connectivity index (χ1v) is 11.0. The largest absolute Gasteiger partial charge is 0.298 e. The maximum Gasteiger partial charge on any atom is 0.267 e. The standard InChI is InChI=1S/C21H23N3OS2/c1-4-12-26-21-22-19-18(16-10-11-23(5-2)13-17(16)27-19)20(25)24(21)15-8-6-14(3)7-9-15/h4,6-9H,1,5,10-13H2,2-3H3. The van der Waals surface area contributed by atoms with Crippen molar-refractivity contribution in [2.45, 2.75) is 32.0 Å². The van der Waals surface area contributed by atoms with E-state index in [4.69, 9.17) is 4.98 Å². The number of hydrogen-bond acceptors (Lipinski definition) is 5. The summed E-state index contributed by atoms with van der Waals surface area (Å²) in [6, 6.07) is 8.08. The van der Waals surface area contributed by atoms with Crippen molar-refractivity contribution >= 4 is 33.3 Å². The Kier molecular flexibility index (Phi) is 5.21. The molecule has 1 aromatic carbocycles. The van der Waals surface area contributed by atoms with Gasteiger partial charge in [-0.1, -0.05) is 42.5 Å². The summed E-state index contributed by atoms with van der Waals surface area (Å²) in [5, 5.41) is 1.55. The normalized spacial score (nSPS) is 14.4. The van der Waals surface area contributed by atoms with Crippen molar-refractivity contribution in [1.82, 2.24) is 14.5 Å². The number of thioether (sulfide) groups is 1. The average Bonchev–Trinajstić information content (AvgIpc) is 3.05. The number of aryl methyl sites for hydroxylation is 1. The second kappa shape index (κ2) is 7.62. The molecule has 0 N–H and O–H groups in total. The van der Waals surface area contributed by atoms with Crippen LogP contribution in [-0.4, -0.2) is 33.3 Å². The van der Waals surface area contributed by atoms with E-state index in [-0.39, 0.29) is 5.56 Å². The van der Waals surface area contributed by atoms with Crippen LogP contribution in [0.2, 0.25) is 0 Å². The van der Waals surface area contributed by atoms with Crippen LogP contribution >= 0.6 is 23.1 Å². The van der Waals surface area contributed by atoms with E-state index in [0.717, 1.165) is 52.9 Å². The van der Waals surface area contributed by atoms with Gasteiger partial charge in [0, 0.05) is 23.7 Å². The van der Waals surface area contributed by atoms with Gasteiger partial charge >= 0.3 is 0 Å². The topological polar surface area (TPSA) is 38.1 Å². The third kappa shape index (κ3) is 3.37. The van der Waals surface area contributed by atoms with E-state index in [1.54, 1.807) is 27.7 Å². The summed E-state index contributed by atoms with van der Waals surface area (Å²) in [6.07, 6.45) is 2.77. The number of fused-ring (bicyclic) bond motifs is 3. The number of nitrogens with zero attached hydrogens (tertiary/aromatic N) is 3. The molecule has 6 heteroatoms. The molecule has 0 unspecified atom stereocenters. The van der Waals surface area contributed by atoms with Crippen LogP contribution in [0.5, 0.6) is 0 Å². The van der Waals surface area contributed by atoms with E-state index < -0.39 is 0 Å². The van der Waals surface area contributed by atoms with Crippen molar-refractivity contribution in [3.63, 3.8) is 0 Å². The number of benzene rings is 1. The van der Waals surface area contributed by atoms with Gasteiger partial charge in [0.1, 0.15) is 4.83 Å². The third-order valence-electron chi connectivity index (χ3n) is 4.99. The minimum absolute atomic E-state index is 0.0536. The first-order chi connectivity index (χ1) is 13.1. The Hall–Kier alpha value is -1.89. The van der Waals surface area contributed by atoms with Crippen LogP contribution in [0.3, 0.4) is 0 Å². The Labute approximate surface area is 167 Å². The lowest BCUT2D eigenvalue weighted by Gasteiger charge is -2.25. The van der Waals surface area contributed by atoms with Crippen molar-refractivity contribution in [2.75, 3.05) is 18.8 Å². The van der Waals surface area contributed by atoms with Gasteiger partial charge in [-0.05, 0) is 37.6 Å². The quantitative estimate of drug-likeness (QED) is 0.363. The Morgan fingerprint density at radius 2 is 2.11 bits per heavy atom. The zero-order chi connectivity index (χ0) is 19.0. The van der Waals surface area contributed by atoms with Gasteiger partial charge in [-0.25, -0.2) is 4.98 Å². The Balaban J connectivity index is 1.94. The van der Waals surface area contributed by atoms with Crippen LogP contribution in [0, 0.1) is 6.92 Å². The highest BCUT2D eigenvalue weighted by molar-refractivity contribution is 7.99. The molecule has 0 radical (unpaired) electrons. The molecule has 140 valence electrons. The smallest absolute Gasteiger partial charge is 0.267 e. The fourth-order valence-electron chi connectivity index (χ4n) is 3.50. The predicted octanol–water partition coefficient (Wildman–Crippen LogP) is 4.41. The summed E-state index contributed by atoms with van der Waals surface area (Å²) in [5.74, 6) is 0.721. The molecular weight excluding hydrogens is 374 g/mol. The van der Waals surface area contributed by atoms with Crippen molar-refractivity contribution in [1.29, 1.82) is 0 Å². The highest BCUT2D eigenvalue weighted by Crippen LogP contribution is 2.34. The van der Waals surface area contributed by atoms with Crippen LogP contribution in [0.1, 0.15) is 22.9 Å². The molecule has 0 bridgehead atoms. The Morgan fingerprint density at radius 3 is 2.81 bits per heavy atom. The highest BCUT2D eigenvalue weighted by Gasteiger charge is 2.25. The van der Waals surface area contributed by atoms with Crippen molar-refractivity contribution in [3.8, 4) is 5.69 Å². The SMILES string of the molecule is C=CCSc1nc2sc3c(c2c(=O)n1-c1ccc(C)cc1)CCN(CC)C3. The highest BCUT2D eigenvalue weighted by atomic mass is 32.2. The lowest BCUT2D eigenvalue weighted by Crippen LogP contribution is -2.30. The summed E-state index contributed by atoms with van der Waals surface area (Å²) in [7, 11) is 0. The van der Waals surface area contributed by atoms with Gasteiger partial charge in [-0.2, -0.15) is 0 Å². The molecule has 1 aliphatic rings. The van der Waals surface area contributed by atoms with Crippen LogP contribution in [0.15, 0.2) is 46.9 Å². The molecule has 0 spiro atoms. The molecule has 4 rings (SSSR count). The van der Waals surface area contributed by atoms with Gasteiger partial charge in [0.05, 0.1) is 11.1 Å². The van der Waals surface area contributed by atoms with E-state index in [1.807, 2.05) is 30.3 Å². The molecule has 0 saturated heterocycles. The van der Waals surface area contributed by atoms with Gasteiger partial charge in [-0.15, -0.1) is 17.9 Å². The lowest BCUT2D eigenvalue weighted by atomic mass is 10.1. The molecule has 0 aliphatic carbocycles. The number of thiophene rings is 1. The summed E-state index contributed by atoms with van der Waals surface area (Å²) >= 11 is 3.24. The van der Waals surface area contributed by atoms with Gasteiger partial charge in [0.2, 0.25) is 0 Å². The molecule has 0 fully saturated rings. The Morgan fingerprint density at radius 1 is 1.33 bits per heavy atom. The molecule has 1 aliphatic heterocycles. The second-order valence-electron chi connectivity index (χ2n) is 6.77. The van der Waals surface area contributed by atoms with Gasteiger partial charge in [0.15, 0.2) is 5.16 Å². The maximum atomic E-state index is 13.6. The molecule has 0 saturated carbocycles. The van der Waals surface area contributed by atoms with Crippen LogP contribution < -0.4 is 5.56 Å². The summed E-state index contributed by atoms with van der Waals surface area (Å²) < 4.78 is 1.77. The minimum Gasteiger partial charge on any atom is -0.298 e. The lowest BCUT2D eigenvalue weighted by molar-refractivity contribution is 0.272. The van der Waals surface area contributed by atoms with Crippen molar-refractivity contribution in [3.05, 3.63) is 63.3 Å². The molecule has 3 heterocycles. The molecule has 0 amide bonds. The second-order valence-corrected chi connectivity index (χ2v) is 8.84. The van der Waals surface area contributed by atoms with E-state index >= 15 is 0 Å². The zero-order valence-corrected chi connectivity index (χ0v) is 17.3. The monoisotopic (exact) mass is 397 g/mol. The first-order valence-electron chi connectivity index (χ1n) is 9.22. The Bertz CT molecular complexity index is 1050. The molecule has 0 atom stereocenters. The molecule has 27 heavy (non-hydrogen) atoms. The van der Waals surface area contributed by atoms with Crippen LogP contribution in [0.4, 0.5) is 0 Å². The van der Waals surface area contributed by atoms with Crippen LogP contribution in [0.25, 0.3) is 15.9 Å². The average molecular weight is 398 g/mol. The van der Waals surface area contributed by atoms with Crippen molar-refractivity contribution < 1.29 is 0 Å². The fourth-order valence-corrected chi connectivity index (χ4v) is 5.55. The number of rotatable bonds is 5. The molecule has 2 aromatic heterocycles. The number of hydrogen-bond donors (Lipinski definition) is 0. The third-order valence-corrected chi connectivity index (χ3v) is 7.04. The van der Waals surface area contributed by atoms with E-state index in [9.17, 15) is 4.79 Å². The van der Waals surface area contributed by atoms with Crippen LogP contribution in [-0.2, 0) is 13.0 Å². The maximum absolute atomic E-state index is 13.6. The van der Waals surface area contributed by atoms with Gasteiger partial charge < -0.3 is 0 Å². The van der Waals surface area contributed by atoms with E-state index in [1.165, 1.54) is 16.0 Å². The first kappa shape index (κ1) is 18.5. The summed E-state index contributed by atoms with van der Waals surface area (Å²) in [5.41, 5.74) is 3.31. The van der Waals surface area contributed by atoms with Gasteiger partial charge in [0.25, 0.3) is 5.56 Å². The van der Waals surface area contributed by atoms with Gasteiger partial charge in [-0.3, -0.25) is 14.3 Å². The zero-order valence-electron chi connectivity index (χ0n) is 15.7. The number of likely N-dealkylation sites (N-methyl/N-ethyl adjacent to an activating group) is 1. The minimum atomic E-state index is 0.0536. The fraction of sp³-hybridized carbons (Fsp3) is 0.333. The van der Waals surface area contributed by atoms with Crippen molar-refractivity contribution in [2.24, 2.45) is 0 Å². The summed E-state index contributed by atoms with van der Waals surface area (Å²) in [4.78, 5) is 23.1.